The Labute approximate surface area is 181 Å². The highest BCUT2D eigenvalue weighted by Gasteiger charge is 2.18. The first-order valence-corrected chi connectivity index (χ1v) is 10.8. The molecule has 0 spiro atoms. The minimum absolute atomic E-state index is 0.199. The lowest BCUT2D eigenvalue weighted by molar-refractivity contribution is 0.185. The molecule has 0 radical (unpaired) electrons. The van der Waals surface area contributed by atoms with Gasteiger partial charge in [0.05, 0.1) is 6.54 Å². The first kappa shape index (κ1) is 21.5. The fraction of sp³-hybridized carbons (Fsp3) is 0.375. The molecule has 0 amide bonds. The number of aromatic nitrogens is 1. The summed E-state index contributed by atoms with van der Waals surface area (Å²) in [5.41, 5.74) is 2.06. The van der Waals surface area contributed by atoms with E-state index in [0.29, 0.717) is 17.8 Å². The Kier molecular flexibility index (Phi) is 6.94. The summed E-state index contributed by atoms with van der Waals surface area (Å²) in [5.74, 6) is 0.241. The van der Waals surface area contributed by atoms with E-state index in [9.17, 15) is 8.78 Å². The number of nitrogens with zero attached hydrogens (tertiary/aromatic N) is 4. The molecule has 1 saturated heterocycles. The van der Waals surface area contributed by atoms with Crippen LogP contribution in [0.3, 0.4) is 0 Å². The average molecular weight is 427 g/mol. The second kappa shape index (κ2) is 10.0. The molecule has 2 heterocycles. The molecule has 1 aliphatic rings. The zero-order valence-electron chi connectivity index (χ0n) is 17.8. The molecule has 0 N–H and O–H groups in total. The number of hydrogen-bond donors (Lipinski definition) is 0. The molecule has 0 aliphatic carbocycles. The van der Waals surface area contributed by atoms with Crippen molar-refractivity contribution in [2.45, 2.75) is 13.5 Å². The number of piperazine rings is 1. The first-order valence-electron chi connectivity index (χ1n) is 10.8. The van der Waals surface area contributed by atoms with Gasteiger partial charge in [-0.3, -0.25) is 9.80 Å². The number of likely N-dealkylation sites (N-methyl/N-ethyl adjacent to an activating group) is 1. The summed E-state index contributed by atoms with van der Waals surface area (Å²) in [6, 6.07) is 15.1. The second-order valence-corrected chi connectivity index (χ2v) is 7.83. The van der Waals surface area contributed by atoms with E-state index >= 15 is 0 Å². The Morgan fingerprint density at radius 2 is 1.74 bits per heavy atom. The summed E-state index contributed by atoms with van der Waals surface area (Å²) in [4.78, 5) is 7.05. The van der Waals surface area contributed by atoms with Crippen molar-refractivity contribution in [1.29, 1.82) is 0 Å². The SMILES string of the molecule is CCN(CCN1CCN(c2ccc(F)cc2)CC1)Cc1cc(-c2ccccc2F)no1. The van der Waals surface area contributed by atoms with Crippen LogP contribution in [0, 0.1) is 11.6 Å². The van der Waals surface area contributed by atoms with E-state index in [4.69, 9.17) is 4.52 Å². The van der Waals surface area contributed by atoms with Gasteiger partial charge in [0, 0.05) is 56.6 Å². The molecule has 5 nitrogen and oxygen atoms in total. The number of rotatable bonds is 8. The van der Waals surface area contributed by atoms with Crippen LogP contribution in [0.25, 0.3) is 11.3 Å². The van der Waals surface area contributed by atoms with Crippen LogP contribution < -0.4 is 4.90 Å². The van der Waals surface area contributed by atoms with Crippen LogP contribution in [-0.4, -0.2) is 60.8 Å². The highest BCUT2D eigenvalue weighted by Crippen LogP contribution is 2.23. The molecular weight excluding hydrogens is 398 g/mol. The molecule has 1 fully saturated rings. The summed E-state index contributed by atoms with van der Waals surface area (Å²) < 4.78 is 32.6. The highest BCUT2D eigenvalue weighted by molar-refractivity contribution is 5.59. The van der Waals surface area contributed by atoms with Crippen LogP contribution in [0.5, 0.6) is 0 Å². The van der Waals surface area contributed by atoms with E-state index in [2.05, 4.69) is 26.8 Å². The molecular formula is C24H28F2N4O. The van der Waals surface area contributed by atoms with Gasteiger partial charge in [-0.25, -0.2) is 8.78 Å². The maximum atomic E-state index is 14.0. The summed E-state index contributed by atoms with van der Waals surface area (Å²) in [6.07, 6.45) is 0. The zero-order valence-corrected chi connectivity index (χ0v) is 17.8. The fourth-order valence-electron chi connectivity index (χ4n) is 3.92. The molecule has 3 aromatic rings. The lowest BCUT2D eigenvalue weighted by atomic mass is 10.1. The van der Waals surface area contributed by atoms with Crippen LogP contribution in [0.4, 0.5) is 14.5 Å². The third-order valence-corrected chi connectivity index (χ3v) is 5.83. The van der Waals surface area contributed by atoms with Crippen molar-refractivity contribution < 1.29 is 13.3 Å². The van der Waals surface area contributed by atoms with Gasteiger partial charge in [0.25, 0.3) is 0 Å². The van der Waals surface area contributed by atoms with Crippen LogP contribution in [0.15, 0.2) is 59.1 Å². The average Bonchev–Trinajstić information content (AvgIpc) is 3.26. The summed E-state index contributed by atoms with van der Waals surface area (Å²) in [7, 11) is 0. The monoisotopic (exact) mass is 426 g/mol. The van der Waals surface area contributed by atoms with Crippen LogP contribution in [-0.2, 0) is 6.54 Å². The van der Waals surface area contributed by atoms with Gasteiger partial charge in [-0.15, -0.1) is 0 Å². The molecule has 7 heteroatoms. The molecule has 2 aromatic carbocycles. The van der Waals surface area contributed by atoms with Crippen LogP contribution >= 0.6 is 0 Å². The normalized spacial score (nSPS) is 15.0. The largest absolute Gasteiger partial charge is 0.369 e. The Balaban J connectivity index is 1.26. The van der Waals surface area contributed by atoms with Crippen LogP contribution in [0.2, 0.25) is 0 Å². The van der Waals surface area contributed by atoms with E-state index < -0.39 is 0 Å². The molecule has 0 atom stereocenters. The topological polar surface area (TPSA) is 35.8 Å². The molecule has 0 saturated carbocycles. The number of halogens is 2. The van der Waals surface area contributed by atoms with E-state index in [1.54, 1.807) is 18.2 Å². The Morgan fingerprint density at radius 3 is 2.45 bits per heavy atom. The fourth-order valence-corrected chi connectivity index (χ4v) is 3.92. The second-order valence-electron chi connectivity index (χ2n) is 7.83. The van der Waals surface area contributed by atoms with Gasteiger partial charge in [-0.2, -0.15) is 0 Å². The quantitative estimate of drug-likeness (QED) is 0.538. The molecule has 1 aliphatic heterocycles. The van der Waals surface area contributed by atoms with Gasteiger partial charge in [-0.1, -0.05) is 24.2 Å². The first-order chi connectivity index (χ1) is 15.1. The summed E-state index contributed by atoms with van der Waals surface area (Å²) >= 11 is 0. The van der Waals surface area contributed by atoms with Crippen LogP contribution in [0.1, 0.15) is 12.7 Å². The van der Waals surface area contributed by atoms with Gasteiger partial charge in [0.1, 0.15) is 17.3 Å². The van der Waals surface area contributed by atoms with Gasteiger partial charge < -0.3 is 9.42 Å². The molecule has 0 unspecified atom stereocenters. The van der Waals surface area contributed by atoms with Gasteiger partial charge in [0.15, 0.2) is 5.76 Å². The van der Waals surface area contributed by atoms with Crippen molar-refractivity contribution in [3.63, 3.8) is 0 Å². The van der Waals surface area contributed by atoms with Gasteiger partial charge in [-0.05, 0) is 42.9 Å². The maximum Gasteiger partial charge on any atom is 0.151 e. The predicted molar refractivity (Wildman–Crippen MR) is 118 cm³/mol. The van der Waals surface area contributed by atoms with E-state index in [1.165, 1.54) is 18.2 Å². The van der Waals surface area contributed by atoms with Crippen molar-refractivity contribution in [1.82, 2.24) is 15.0 Å². The molecule has 4 rings (SSSR count). The third kappa shape index (κ3) is 5.48. The standard InChI is InChI=1S/C24H28F2N4O/c1-2-28(18-21-17-24(27-31-21)22-5-3-4-6-23(22)26)11-12-29-13-15-30(16-14-29)20-9-7-19(25)8-10-20/h3-10,17H,2,11-16,18H2,1H3. The lowest BCUT2D eigenvalue weighted by Crippen LogP contribution is -2.48. The van der Waals surface area contributed by atoms with Crippen molar-refractivity contribution in [3.05, 3.63) is 72.0 Å². The molecule has 164 valence electrons. The lowest BCUT2D eigenvalue weighted by Gasteiger charge is -2.36. The summed E-state index contributed by atoms with van der Waals surface area (Å²) in [5, 5.41) is 4.05. The third-order valence-electron chi connectivity index (χ3n) is 5.83. The van der Waals surface area contributed by atoms with E-state index in [1.807, 2.05) is 18.2 Å². The Bertz CT molecular complexity index is 968. The maximum absolute atomic E-state index is 14.0. The number of benzene rings is 2. The molecule has 0 bridgehead atoms. The summed E-state index contributed by atoms with van der Waals surface area (Å²) in [6.45, 7) is 9.39. The van der Waals surface area contributed by atoms with Crippen molar-refractivity contribution in [2.75, 3.05) is 50.7 Å². The van der Waals surface area contributed by atoms with Crippen molar-refractivity contribution >= 4 is 5.69 Å². The molecule has 31 heavy (non-hydrogen) atoms. The van der Waals surface area contributed by atoms with Gasteiger partial charge >= 0.3 is 0 Å². The predicted octanol–water partition coefficient (Wildman–Crippen LogP) is 4.26. The zero-order chi connectivity index (χ0) is 21.6. The van der Waals surface area contributed by atoms with Crippen molar-refractivity contribution in [3.8, 4) is 11.3 Å². The minimum atomic E-state index is -0.297. The molecule has 1 aromatic heterocycles. The van der Waals surface area contributed by atoms with Crippen molar-refractivity contribution in [2.24, 2.45) is 0 Å². The van der Waals surface area contributed by atoms with E-state index in [0.717, 1.165) is 57.3 Å². The highest BCUT2D eigenvalue weighted by atomic mass is 19.1. The Hall–Kier alpha value is -2.77. The van der Waals surface area contributed by atoms with E-state index in [-0.39, 0.29) is 11.6 Å². The number of hydrogen-bond acceptors (Lipinski definition) is 5. The van der Waals surface area contributed by atoms with Gasteiger partial charge in [0.2, 0.25) is 0 Å². The number of anilines is 1. The Morgan fingerprint density at radius 1 is 1.00 bits per heavy atom. The smallest absolute Gasteiger partial charge is 0.151 e. The minimum Gasteiger partial charge on any atom is -0.369 e.